The normalized spacial score (nSPS) is 10.4. The van der Waals surface area contributed by atoms with Gasteiger partial charge in [0.1, 0.15) is 17.2 Å². The Morgan fingerprint density at radius 2 is 1.74 bits per heavy atom. The monoisotopic (exact) mass is 385 g/mol. The molecule has 1 aromatic heterocycles. The van der Waals surface area contributed by atoms with E-state index in [1.165, 1.54) is 11.8 Å². The van der Waals surface area contributed by atoms with Crippen LogP contribution in [-0.2, 0) is 4.79 Å². The number of H-pyrrole nitrogens is 1. The quantitative estimate of drug-likeness (QED) is 0.510. The molecule has 0 aliphatic rings. The minimum atomic E-state index is -0.163. The van der Waals surface area contributed by atoms with Gasteiger partial charge in [0.25, 0.3) is 0 Å². The van der Waals surface area contributed by atoms with Gasteiger partial charge in [0.05, 0.1) is 12.4 Å². The van der Waals surface area contributed by atoms with Crippen molar-refractivity contribution in [3.05, 3.63) is 48.5 Å². The maximum absolute atomic E-state index is 12.0. The zero-order valence-corrected chi connectivity index (χ0v) is 15.5. The van der Waals surface area contributed by atoms with Gasteiger partial charge in [-0.3, -0.25) is 4.79 Å². The van der Waals surface area contributed by atoms with Crippen LogP contribution < -0.4 is 20.5 Å². The number of benzene rings is 2. The zero-order chi connectivity index (χ0) is 19.1. The molecule has 8 nitrogen and oxygen atoms in total. The Morgan fingerprint density at radius 1 is 1.11 bits per heavy atom. The number of amides is 1. The predicted molar refractivity (Wildman–Crippen MR) is 104 cm³/mol. The minimum Gasteiger partial charge on any atom is -0.494 e. The summed E-state index contributed by atoms with van der Waals surface area (Å²) in [7, 11) is 0. The molecule has 9 heteroatoms. The molecule has 140 valence electrons. The molecule has 0 radical (unpaired) electrons. The summed E-state index contributed by atoms with van der Waals surface area (Å²) in [5.41, 5.74) is 6.11. The molecule has 0 unspecified atom stereocenters. The van der Waals surface area contributed by atoms with Crippen molar-refractivity contribution in [1.82, 2.24) is 15.2 Å². The number of nitrogens with one attached hydrogen (secondary N) is 2. The number of hydrogen-bond donors (Lipinski definition) is 3. The number of nitrogens with zero attached hydrogens (tertiary/aromatic N) is 2. The van der Waals surface area contributed by atoms with Gasteiger partial charge in [-0.15, -0.1) is 5.10 Å². The molecule has 3 aromatic rings. The van der Waals surface area contributed by atoms with Gasteiger partial charge in [-0.2, -0.15) is 4.98 Å². The Hall–Kier alpha value is -3.20. The SMILES string of the molecule is CCOc1ccc(Oc2ccc(NC(=O)CSc3n[nH]c(N)n3)cc2)cc1. The molecule has 1 amide bonds. The van der Waals surface area contributed by atoms with E-state index in [-0.39, 0.29) is 17.6 Å². The number of anilines is 2. The molecule has 0 aliphatic carbocycles. The van der Waals surface area contributed by atoms with Crippen LogP contribution in [0.5, 0.6) is 17.2 Å². The summed E-state index contributed by atoms with van der Waals surface area (Å²) < 4.78 is 11.2. The van der Waals surface area contributed by atoms with E-state index in [1.54, 1.807) is 24.3 Å². The summed E-state index contributed by atoms with van der Waals surface area (Å²) in [4.78, 5) is 15.9. The maximum Gasteiger partial charge on any atom is 0.234 e. The predicted octanol–water partition coefficient (Wildman–Crippen LogP) is 3.31. The molecule has 0 fully saturated rings. The Bertz CT molecular complexity index is 881. The van der Waals surface area contributed by atoms with Gasteiger partial charge >= 0.3 is 0 Å². The van der Waals surface area contributed by atoms with Gasteiger partial charge in [-0.1, -0.05) is 11.8 Å². The minimum absolute atomic E-state index is 0.163. The molecule has 0 spiro atoms. The highest BCUT2D eigenvalue weighted by Crippen LogP contribution is 2.25. The van der Waals surface area contributed by atoms with Gasteiger partial charge in [-0.25, -0.2) is 5.10 Å². The van der Waals surface area contributed by atoms with E-state index in [1.807, 2.05) is 31.2 Å². The second-order valence-corrected chi connectivity index (χ2v) is 6.31. The first-order valence-corrected chi connectivity index (χ1v) is 9.22. The first kappa shape index (κ1) is 18.6. The summed E-state index contributed by atoms with van der Waals surface area (Å²) >= 11 is 1.20. The van der Waals surface area contributed by atoms with E-state index >= 15 is 0 Å². The number of aromatic amines is 1. The van der Waals surface area contributed by atoms with Crippen molar-refractivity contribution in [1.29, 1.82) is 0 Å². The van der Waals surface area contributed by atoms with Crippen molar-refractivity contribution >= 4 is 29.3 Å². The third-order valence-electron chi connectivity index (χ3n) is 3.32. The van der Waals surface area contributed by atoms with E-state index in [9.17, 15) is 4.79 Å². The van der Waals surface area contributed by atoms with E-state index in [2.05, 4.69) is 20.5 Å². The van der Waals surface area contributed by atoms with Crippen molar-refractivity contribution in [2.75, 3.05) is 23.4 Å². The number of aromatic nitrogens is 3. The lowest BCUT2D eigenvalue weighted by Gasteiger charge is -2.09. The molecule has 0 saturated heterocycles. The lowest BCUT2D eigenvalue weighted by Crippen LogP contribution is -2.14. The van der Waals surface area contributed by atoms with Gasteiger partial charge in [0, 0.05) is 5.69 Å². The lowest BCUT2D eigenvalue weighted by molar-refractivity contribution is -0.113. The molecule has 1 heterocycles. The van der Waals surface area contributed by atoms with E-state index in [0.29, 0.717) is 28.9 Å². The molecular formula is C18H19N5O3S. The first-order chi connectivity index (χ1) is 13.1. The average molecular weight is 385 g/mol. The molecule has 3 rings (SSSR count). The van der Waals surface area contributed by atoms with Crippen LogP contribution in [0.1, 0.15) is 6.92 Å². The molecule has 2 aromatic carbocycles. The fraction of sp³-hybridized carbons (Fsp3) is 0.167. The average Bonchev–Trinajstić information content (AvgIpc) is 3.09. The Morgan fingerprint density at radius 3 is 2.33 bits per heavy atom. The number of thioether (sulfide) groups is 1. The highest BCUT2D eigenvalue weighted by atomic mass is 32.2. The summed E-state index contributed by atoms with van der Waals surface area (Å²) in [6.45, 7) is 2.56. The molecular weight excluding hydrogens is 366 g/mol. The van der Waals surface area contributed by atoms with Crippen LogP contribution in [-0.4, -0.2) is 33.4 Å². The van der Waals surface area contributed by atoms with Crippen LogP contribution in [0.4, 0.5) is 11.6 Å². The zero-order valence-electron chi connectivity index (χ0n) is 14.6. The van der Waals surface area contributed by atoms with Crippen molar-refractivity contribution in [2.24, 2.45) is 0 Å². The Labute approximate surface area is 160 Å². The second kappa shape index (κ2) is 8.95. The molecule has 0 saturated carbocycles. The van der Waals surface area contributed by atoms with E-state index in [4.69, 9.17) is 15.2 Å². The Kier molecular flexibility index (Phi) is 6.16. The van der Waals surface area contributed by atoms with Crippen LogP contribution in [0.3, 0.4) is 0 Å². The summed E-state index contributed by atoms with van der Waals surface area (Å²) in [6.07, 6.45) is 0. The van der Waals surface area contributed by atoms with Crippen LogP contribution in [0.15, 0.2) is 53.7 Å². The fourth-order valence-corrected chi connectivity index (χ4v) is 2.77. The van der Waals surface area contributed by atoms with Crippen LogP contribution in [0.25, 0.3) is 0 Å². The number of ether oxygens (including phenoxy) is 2. The van der Waals surface area contributed by atoms with E-state index in [0.717, 1.165) is 5.75 Å². The number of carbonyl (C=O) groups excluding carboxylic acids is 1. The van der Waals surface area contributed by atoms with Crippen LogP contribution >= 0.6 is 11.8 Å². The molecule has 4 N–H and O–H groups in total. The fourth-order valence-electron chi connectivity index (χ4n) is 2.16. The van der Waals surface area contributed by atoms with Gasteiger partial charge in [-0.05, 0) is 55.5 Å². The number of nitrogen functional groups attached to an aromatic ring is 1. The van der Waals surface area contributed by atoms with Crippen molar-refractivity contribution in [3.63, 3.8) is 0 Å². The number of nitrogens with two attached hydrogens (primary N) is 1. The van der Waals surface area contributed by atoms with Crippen LogP contribution in [0.2, 0.25) is 0 Å². The topological polar surface area (TPSA) is 115 Å². The Balaban J connectivity index is 1.49. The van der Waals surface area contributed by atoms with Crippen molar-refractivity contribution < 1.29 is 14.3 Å². The van der Waals surface area contributed by atoms with Crippen LogP contribution in [0, 0.1) is 0 Å². The summed E-state index contributed by atoms with van der Waals surface area (Å²) in [6, 6.07) is 14.5. The molecule has 0 aliphatic heterocycles. The van der Waals surface area contributed by atoms with Crippen molar-refractivity contribution in [3.8, 4) is 17.2 Å². The largest absolute Gasteiger partial charge is 0.494 e. The number of hydrogen-bond acceptors (Lipinski definition) is 7. The van der Waals surface area contributed by atoms with Gasteiger partial charge in [0.15, 0.2) is 0 Å². The number of carbonyl (C=O) groups is 1. The molecule has 0 atom stereocenters. The first-order valence-electron chi connectivity index (χ1n) is 8.23. The smallest absolute Gasteiger partial charge is 0.234 e. The highest BCUT2D eigenvalue weighted by Gasteiger charge is 2.07. The lowest BCUT2D eigenvalue weighted by atomic mass is 10.3. The van der Waals surface area contributed by atoms with Crippen molar-refractivity contribution in [2.45, 2.75) is 12.1 Å². The third kappa shape index (κ3) is 5.65. The van der Waals surface area contributed by atoms with Gasteiger partial charge in [0.2, 0.25) is 17.0 Å². The van der Waals surface area contributed by atoms with E-state index < -0.39 is 0 Å². The third-order valence-corrected chi connectivity index (χ3v) is 4.17. The maximum atomic E-state index is 12.0. The summed E-state index contributed by atoms with van der Waals surface area (Å²) in [5.74, 6) is 2.42. The highest BCUT2D eigenvalue weighted by molar-refractivity contribution is 7.99. The summed E-state index contributed by atoms with van der Waals surface area (Å²) in [5, 5.41) is 9.61. The standard InChI is InChI=1S/C18H19N5O3S/c1-2-25-13-7-9-15(10-8-13)26-14-5-3-12(4-6-14)20-16(24)11-27-18-21-17(19)22-23-18/h3-10H,2,11H2,1H3,(H,20,24)(H3,19,21,22,23). The van der Waals surface area contributed by atoms with Gasteiger partial charge < -0.3 is 20.5 Å². The molecule has 27 heavy (non-hydrogen) atoms. The molecule has 0 bridgehead atoms. The second-order valence-electron chi connectivity index (χ2n) is 5.37. The number of rotatable bonds is 8.